The van der Waals surface area contributed by atoms with E-state index in [1.54, 1.807) is 17.0 Å². The van der Waals surface area contributed by atoms with Crippen LogP contribution in [0.5, 0.6) is 0 Å². The first-order valence-electron chi connectivity index (χ1n) is 3.51. The van der Waals surface area contributed by atoms with E-state index in [1.807, 2.05) is 18.2 Å². The van der Waals surface area contributed by atoms with Crippen molar-refractivity contribution in [3.8, 4) is 5.88 Å². The van der Waals surface area contributed by atoms with Gasteiger partial charge in [0.1, 0.15) is 6.07 Å². The van der Waals surface area contributed by atoms with Crippen LogP contribution in [0, 0.1) is 0 Å². The van der Waals surface area contributed by atoms with Crippen LogP contribution in [-0.2, 0) is 0 Å². The molecule has 0 saturated heterocycles. The van der Waals surface area contributed by atoms with E-state index in [2.05, 4.69) is 5.16 Å². The molecule has 0 bridgehead atoms. The van der Waals surface area contributed by atoms with E-state index in [1.165, 1.54) is 6.07 Å². The molecule has 0 aromatic carbocycles. The van der Waals surface area contributed by atoms with Crippen molar-refractivity contribution in [2.45, 2.75) is 0 Å². The topological polar surface area (TPSA) is 49.9 Å². The molecule has 4 nitrogen and oxygen atoms in total. The second kappa shape index (κ2) is 2.65. The Morgan fingerprint density at radius 2 is 2.00 bits per heavy atom. The van der Waals surface area contributed by atoms with Crippen molar-refractivity contribution in [1.29, 1.82) is 0 Å². The highest BCUT2D eigenvalue weighted by atomic mass is 16.5. The van der Waals surface area contributed by atoms with Gasteiger partial charge in [-0.15, -0.1) is 4.57 Å². The van der Waals surface area contributed by atoms with Crippen molar-refractivity contribution in [1.82, 2.24) is 5.16 Å². The number of H-pyrrole nitrogens is 1. The van der Waals surface area contributed by atoms with E-state index in [9.17, 15) is 4.79 Å². The lowest BCUT2D eigenvalue weighted by molar-refractivity contribution is -0.610. The molecule has 1 N–H and O–H groups in total. The second-order valence-electron chi connectivity index (χ2n) is 2.33. The summed E-state index contributed by atoms with van der Waals surface area (Å²) >= 11 is 0. The zero-order chi connectivity index (χ0) is 8.39. The van der Waals surface area contributed by atoms with Crippen LogP contribution >= 0.6 is 0 Å². The molecular formula is C8H7N2O2+. The summed E-state index contributed by atoms with van der Waals surface area (Å²) in [5, 5.41) is 2.22. The minimum Gasteiger partial charge on any atom is -0.315 e. The number of aromatic nitrogens is 2. The highest BCUT2D eigenvalue weighted by Crippen LogP contribution is 1.90. The molecule has 0 amide bonds. The fraction of sp³-hybridized carbons (Fsp3) is 0. The van der Waals surface area contributed by atoms with Crippen LogP contribution in [0.4, 0.5) is 0 Å². The van der Waals surface area contributed by atoms with Gasteiger partial charge in [0.15, 0.2) is 12.4 Å². The van der Waals surface area contributed by atoms with Gasteiger partial charge in [-0.05, 0) is 0 Å². The van der Waals surface area contributed by atoms with Crippen LogP contribution in [0.1, 0.15) is 0 Å². The Balaban J connectivity index is 2.51. The first kappa shape index (κ1) is 6.84. The minimum atomic E-state index is -0.235. The predicted molar refractivity (Wildman–Crippen MR) is 40.9 cm³/mol. The molecule has 0 fully saturated rings. The lowest BCUT2D eigenvalue weighted by atomic mass is 10.5. The van der Waals surface area contributed by atoms with E-state index in [0.717, 1.165) is 0 Å². The summed E-state index contributed by atoms with van der Waals surface area (Å²) in [7, 11) is 0. The molecule has 2 aromatic rings. The van der Waals surface area contributed by atoms with Gasteiger partial charge >= 0.3 is 5.88 Å². The highest BCUT2D eigenvalue weighted by Gasteiger charge is 2.08. The van der Waals surface area contributed by atoms with Crippen LogP contribution in [0.3, 0.4) is 0 Å². The van der Waals surface area contributed by atoms with Gasteiger partial charge in [-0.1, -0.05) is 6.07 Å². The quantitative estimate of drug-likeness (QED) is 0.612. The van der Waals surface area contributed by atoms with Crippen molar-refractivity contribution in [2.75, 3.05) is 0 Å². The number of nitrogens with one attached hydrogen (secondary N) is 1. The Hall–Kier alpha value is -1.84. The van der Waals surface area contributed by atoms with Crippen molar-refractivity contribution in [3.63, 3.8) is 0 Å². The molecule has 0 spiro atoms. The summed E-state index contributed by atoms with van der Waals surface area (Å²) in [6, 6.07) is 6.99. The SMILES string of the molecule is O=c1cc(-[n+]2ccccc2)o[nH]1. The lowest BCUT2D eigenvalue weighted by Gasteiger charge is -1.84. The third-order valence-electron chi connectivity index (χ3n) is 1.48. The third kappa shape index (κ3) is 1.14. The standard InChI is InChI=1S/C8H6N2O2/c11-7-6-8(12-9-7)10-4-2-1-3-5-10/h1-6H/p+1. The number of hydrogen-bond donors (Lipinski definition) is 1. The zero-order valence-corrected chi connectivity index (χ0v) is 6.23. The molecule has 0 aliphatic carbocycles. The Bertz CT molecular complexity index is 416. The molecule has 0 radical (unpaired) electrons. The van der Waals surface area contributed by atoms with Gasteiger partial charge in [-0.2, -0.15) is 5.16 Å². The predicted octanol–water partition coefficient (Wildman–Crippen LogP) is 0.245. The summed E-state index contributed by atoms with van der Waals surface area (Å²) in [6.45, 7) is 0. The zero-order valence-electron chi connectivity index (χ0n) is 6.23. The van der Waals surface area contributed by atoms with Gasteiger partial charge in [0.2, 0.25) is 0 Å². The van der Waals surface area contributed by atoms with Gasteiger partial charge in [-0.25, -0.2) is 0 Å². The monoisotopic (exact) mass is 163 g/mol. The van der Waals surface area contributed by atoms with E-state index < -0.39 is 0 Å². The molecule has 0 atom stereocenters. The second-order valence-corrected chi connectivity index (χ2v) is 2.33. The average Bonchev–Trinajstić information content (AvgIpc) is 2.54. The van der Waals surface area contributed by atoms with Crippen molar-refractivity contribution < 1.29 is 9.09 Å². The van der Waals surface area contributed by atoms with E-state index in [4.69, 9.17) is 4.52 Å². The number of aromatic amines is 1. The molecular weight excluding hydrogens is 156 g/mol. The molecule has 60 valence electrons. The summed E-state index contributed by atoms with van der Waals surface area (Å²) in [4.78, 5) is 10.7. The maximum absolute atomic E-state index is 10.7. The molecule has 0 unspecified atom stereocenters. The van der Waals surface area contributed by atoms with E-state index in [0.29, 0.717) is 5.88 Å². The van der Waals surface area contributed by atoms with Gasteiger partial charge in [0, 0.05) is 12.1 Å². The fourth-order valence-electron chi connectivity index (χ4n) is 0.946. The van der Waals surface area contributed by atoms with E-state index >= 15 is 0 Å². The maximum atomic E-state index is 10.7. The van der Waals surface area contributed by atoms with Crippen LogP contribution < -0.4 is 10.1 Å². The van der Waals surface area contributed by atoms with Gasteiger partial charge in [0.05, 0.1) is 0 Å². The molecule has 2 heterocycles. The molecule has 0 aliphatic rings. The van der Waals surface area contributed by atoms with Crippen LogP contribution in [-0.4, -0.2) is 5.16 Å². The molecule has 0 aliphatic heterocycles. The van der Waals surface area contributed by atoms with Gasteiger partial charge < -0.3 is 4.52 Å². The Morgan fingerprint density at radius 1 is 1.25 bits per heavy atom. The molecule has 0 saturated carbocycles. The largest absolute Gasteiger partial charge is 0.403 e. The van der Waals surface area contributed by atoms with Crippen LogP contribution in [0.2, 0.25) is 0 Å². The summed E-state index contributed by atoms with van der Waals surface area (Å²) in [5.41, 5.74) is -0.235. The van der Waals surface area contributed by atoms with Gasteiger partial charge in [0.25, 0.3) is 5.56 Å². The number of nitrogens with zero attached hydrogens (tertiary/aromatic N) is 1. The first-order valence-corrected chi connectivity index (χ1v) is 3.51. The van der Waals surface area contributed by atoms with Crippen molar-refractivity contribution >= 4 is 0 Å². The molecule has 2 aromatic heterocycles. The summed E-state index contributed by atoms with van der Waals surface area (Å²) in [5.74, 6) is 0.487. The lowest BCUT2D eigenvalue weighted by Crippen LogP contribution is -2.28. The summed E-state index contributed by atoms with van der Waals surface area (Å²) in [6.07, 6.45) is 3.60. The first-order chi connectivity index (χ1) is 5.86. The fourth-order valence-corrected chi connectivity index (χ4v) is 0.946. The smallest absolute Gasteiger partial charge is 0.315 e. The Morgan fingerprint density at radius 3 is 2.58 bits per heavy atom. The third-order valence-corrected chi connectivity index (χ3v) is 1.48. The number of hydrogen-bond acceptors (Lipinski definition) is 2. The van der Waals surface area contributed by atoms with Crippen LogP contribution in [0.15, 0.2) is 46.0 Å². The molecule has 12 heavy (non-hydrogen) atoms. The molecule has 2 rings (SSSR count). The normalized spacial score (nSPS) is 10.0. The van der Waals surface area contributed by atoms with Gasteiger partial charge in [-0.3, -0.25) is 4.79 Å². The van der Waals surface area contributed by atoms with E-state index in [-0.39, 0.29) is 5.56 Å². The maximum Gasteiger partial charge on any atom is 0.403 e. The van der Waals surface area contributed by atoms with Crippen molar-refractivity contribution in [3.05, 3.63) is 47.0 Å². The van der Waals surface area contributed by atoms with Crippen LogP contribution in [0.25, 0.3) is 5.88 Å². The molecule has 4 heteroatoms. The van der Waals surface area contributed by atoms with Crippen molar-refractivity contribution in [2.24, 2.45) is 0 Å². The number of rotatable bonds is 1. The summed E-state index contributed by atoms with van der Waals surface area (Å²) < 4.78 is 6.58. The average molecular weight is 163 g/mol. The number of pyridine rings is 1. The Labute approximate surface area is 68.0 Å². The minimum absolute atomic E-state index is 0.235. The Kier molecular flexibility index (Phi) is 1.51. The highest BCUT2D eigenvalue weighted by molar-refractivity contribution is 5.01.